The number of anilines is 2. The lowest BCUT2D eigenvalue weighted by atomic mass is 10.1. The minimum absolute atomic E-state index is 0.143. The highest BCUT2D eigenvalue weighted by molar-refractivity contribution is 7.99. The van der Waals surface area contributed by atoms with Gasteiger partial charge in [-0.1, -0.05) is 30.3 Å². The van der Waals surface area contributed by atoms with Crippen LogP contribution in [0.2, 0.25) is 5.15 Å². The first-order valence-electron chi connectivity index (χ1n) is 8.17. The number of nitrogens with zero attached hydrogens (tertiary/aromatic N) is 2. The molecule has 8 nitrogen and oxygen atoms in total. The molecule has 25 heavy (non-hydrogen) atoms. The topological polar surface area (TPSA) is 123 Å². The fourth-order valence-corrected chi connectivity index (χ4v) is 3.99. The molecular formula is C15H23ClN4O4S. The lowest BCUT2D eigenvalue weighted by molar-refractivity contribution is -0.174. The van der Waals surface area contributed by atoms with Gasteiger partial charge in [0.1, 0.15) is 30.1 Å². The van der Waals surface area contributed by atoms with E-state index in [1.807, 2.05) is 0 Å². The van der Waals surface area contributed by atoms with Gasteiger partial charge in [-0.05, 0) is 20.3 Å². The Bertz CT molecular complexity index is 650. The van der Waals surface area contributed by atoms with E-state index >= 15 is 0 Å². The zero-order valence-electron chi connectivity index (χ0n) is 14.3. The van der Waals surface area contributed by atoms with Crippen molar-refractivity contribution in [2.75, 3.05) is 16.8 Å². The number of hydrogen-bond acceptors (Lipinski definition) is 9. The number of ether oxygens (including phenoxy) is 2. The number of aromatic nitrogens is 2. The average Bonchev–Trinajstić information content (AvgIpc) is 2.97. The Labute approximate surface area is 155 Å². The fourth-order valence-electron chi connectivity index (χ4n) is 3.08. The quantitative estimate of drug-likeness (QED) is 0.334. The van der Waals surface area contributed by atoms with Crippen molar-refractivity contribution in [2.45, 2.75) is 68.6 Å². The summed E-state index contributed by atoms with van der Waals surface area (Å²) in [5, 5.41) is 24.3. The van der Waals surface area contributed by atoms with E-state index in [1.54, 1.807) is 13.8 Å². The van der Waals surface area contributed by atoms with Crippen molar-refractivity contribution < 1.29 is 19.7 Å². The predicted octanol–water partition coefficient (Wildman–Crippen LogP) is 1.25. The number of nitrogens with one attached hydrogen (secondary N) is 1. The molecule has 2 fully saturated rings. The van der Waals surface area contributed by atoms with Crippen molar-refractivity contribution in [1.82, 2.24) is 9.97 Å². The second kappa shape index (κ2) is 7.05. The zero-order valence-corrected chi connectivity index (χ0v) is 15.8. The predicted molar refractivity (Wildman–Crippen MR) is 95.7 cm³/mol. The van der Waals surface area contributed by atoms with Crippen LogP contribution in [0.4, 0.5) is 11.5 Å². The molecule has 1 aliphatic heterocycles. The Kier molecular flexibility index (Phi) is 5.34. The molecule has 0 spiro atoms. The number of nitrogens with two attached hydrogens (primary N) is 1. The van der Waals surface area contributed by atoms with Gasteiger partial charge < -0.3 is 30.7 Å². The van der Waals surface area contributed by atoms with Crippen LogP contribution in [-0.2, 0) is 9.47 Å². The molecule has 1 aromatic heterocycles. The third-order valence-electron chi connectivity index (χ3n) is 4.19. The maximum atomic E-state index is 10.4. The first-order chi connectivity index (χ1) is 11.7. The first-order valence-corrected chi connectivity index (χ1v) is 9.54. The molecule has 0 radical (unpaired) electrons. The van der Waals surface area contributed by atoms with Gasteiger partial charge in [-0.25, -0.2) is 9.97 Å². The smallest absolute Gasteiger partial charge is 0.191 e. The van der Waals surface area contributed by atoms with Crippen molar-refractivity contribution >= 4 is 34.9 Å². The second-order valence-electron chi connectivity index (χ2n) is 6.62. The van der Waals surface area contributed by atoms with E-state index in [0.717, 1.165) is 12.2 Å². The lowest BCUT2D eigenvalue weighted by Gasteiger charge is -2.26. The highest BCUT2D eigenvalue weighted by Gasteiger charge is 2.58. The standard InChI is InChI=1S/C15H23ClN4O4S/c1-4-5-25-14-19-12(16)6(17)13(20-14)18-7-8(21)9(22)11-10(7)23-15(2,3)24-11/h7-11,21-22H,4-5,17H2,1-3H3,(H,18,19,20). The van der Waals surface area contributed by atoms with Crippen LogP contribution in [0.3, 0.4) is 0 Å². The fraction of sp³-hybridized carbons (Fsp3) is 0.733. The molecule has 2 heterocycles. The van der Waals surface area contributed by atoms with Crippen molar-refractivity contribution in [1.29, 1.82) is 0 Å². The summed E-state index contributed by atoms with van der Waals surface area (Å²) in [6.45, 7) is 5.58. The molecule has 1 saturated heterocycles. The molecular weight excluding hydrogens is 368 g/mol. The van der Waals surface area contributed by atoms with Crippen molar-refractivity contribution in [2.24, 2.45) is 0 Å². The molecule has 1 saturated carbocycles. The van der Waals surface area contributed by atoms with Gasteiger partial charge in [-0.3, -0.25) is 0 Å². The Morgan fingerprint density at radius 2 is 1.92 bits per heavy atom. The van der Waals surface area contributed by atoms with E-state index in [9.17, 15) is 10.2 Å². The van der Waals surface area contributed by atoms with Gasteiger partial charge in [0.25, 0.3) is 0 Å². The number of rotatable bonds is 5. The maximum absolute atomic E-state index is 10.4. The molecule has 1 aromatic rings. The highest BCUT2D eigenvalue weighted by Crippen LogP contribution is 2.40. The third-order valence-corrected chi connectivity index (χ3v) is 5.53. The maximum Gasteiger partial charge on any atom is 0.191 e. The number of nitrogen functional groups attached to an aromatic ring is 1. The summed E-state index contributed by atoms with van der Waals surface area (Å²) in [5.41, 5.74) is 6.17. The van der Waals surface area contributed by atoms with Crippen LogP contribution in [0.15, 0.2) is 5.16 Å². The normalized spacial score (nSPS) is 33.4. The minimum atomic E-state index is -1.09. The Morgan fingerprint density at radius 3 is 2.60 bits per heavy atom. The molecule has 0 bridgehead atoms. The Balaban J connectivity index is 1.85. The minimum Gasteiger partial charge on any atom is -0.393 e. The van der Waals surface area contributed by atoms with Gasteiger partial charge in [0.05, 0.1) is 6.04 Å². The van der Waals surface area contributed by atoms with Crippen LogP contribution in [-0.4, -0.2) is 62.2 Å². The lowest BCUT2D eigenvalue weighted by Crippen LogP contribution is -2.42. The van der Waals surface area contributed by atoms with E-state index < -0.39 is 36.2 Å². The number of thioether (sulfide) groups is 1. The van der Waals surface area contributed by atoms with E-state index in [-0.39, 0.29) is 10.8 Å². The van der Waals surface area contributed by atoms with Gasteiger partial charge in [-0.15, -0.1) is 0 Å². The van der Waals surface area contributed by atoms with Gasteiger partial charge in [0.2, 0.25) is 0 Å². The Hall–Kier alpha value is -0.840. The zero-order chi connectivity index (χ0) is 18.4. The number of hydrogen-bond donors (Lipinski definition) is 4. The van der Waals surface area contributed by atoms with Gasteiger partial charge in [0, 0.05) is 5.75 Å². The van der Waals surface area contributed by atoms with Gasteiger partial charge >= 0.3 is 0 Å². The molecule has 5 N–H and O–H groups in total. The van der Waals surface area contributed by atoms with Crippen LogP contribution in [0, 0.1) is 0 Å². The SMILES string of the molecule is CCCSc1nc(Cl)c(N)c(NC2C(O)C(O)C3OC(C)(C)OC23)n1. The van der Waals surface area contributed by atoms with E-state index in [2.05, 4.69) is 22.2 Å². The van der Waals surface area contributed by atoms with E-state index in [1.165, 1.54) is 11.8 Å². The molecule has 3 rings (SSSR count). The molecule has 5 unspecified atom stereocenters. The van der Waals surface area contributed by atoms with Crippen molar-refractivity contribution in [3.05, 3.63) is 5.15 Å². The van der Waals surface area contributed by atoms with Crippen LogP contribution in [0.1, 0.15) is 27.2 Å². The molecule has 2 aliphatic rings. The molecule has 1 aliphatic carbocycles. The summed E-state index contributed by atoms with van der Waals surface area (Å²) in [6, 6.07) is -0.640. The van der Waals surface area contributed by atoms with E-state index in [4.69, 9.17) is 26.8 Å². The summed E-state index contributed by atoms with van der Waals surface area (Å²) in [6.07, 6.45) is -2.37. The Morgan fingerprint density at radius 1 is 1.24 bits per heavy atom. The molecule has 0 amide bonds. The van der Waals surface area contributed by atoms with E-state index in [0.29, 0.717) is 11.0 Å². The highest BCUT2D eigenvalue weighted by atomic mass is 35.5. The summed E-state index contributed by atoms with van der Waals surface area (Å²) < 4.78 is 11.5. The van der Waals surface area contributed by atoms with Crippen LogP contribution in [0.25, 0.3) is 0 Å². The van der Waals surface area contributed by atoms with Crippen LogP contribution < -0.4 is 11.1 Å². The van der Waals surface area contributed by atoms with Crippen molar-refractivity contribution in [3.63, 3.8) is 0 Å². The van der Waals surface area contributed by atoms with Crippen molar-refractivity contribution in [3.8, 4) is 0 Å². The molecule has 5 atom stereocenters. The van der Waals surface area contributed by atoms with Crippen LogP contribution in [0.5, 0.6) is 0 Å². The molecule has 0 aromatic carbocycles. The number of aliphatic hydroxyl groups is 2. The van der Waals surface area contributed by atoms with Crippen LogP contribution >= 0.6 is 23.4 Å². The monoisotopic (exact) mass is 390 g/mol. The first kappa shape index (κ1) is 18.9. The summed E-state index contributed by atoms with van der Waals surface area (Å²) in [4.78, 5) is 8.54. The third kappa shape index (κ3) is 3.67. The average molecular weight is 391 g/mol. The second-order valence-corrected chi connectivity index (χ2v) is 8.04. The summed E-state index contributed by atoms with van der Waals surface area (Å²) >= 11 is 7.57. The molecule has 140 valence electrons. The largest absolute Gasteiger partial charge is 0.393 e. The molecule has 10 heteroatoms. The number of aliphatic hydroxyl groups excluding tert-OH is 2. The van der Waals surface area contributed by atoms with Gasteiger partial charge in [-0.2, -0.15) is 0 Å². The van der Waals surface area contributed by atoms with Gasteiger partial charge in [0.15, 0.2) is 21.9 Å². The summed E-state index contributed by atoms with van der Waals surface area (Å²) in [5.74, 6) is 0.317. The number of fused-ring (bicyclic) bond motifs is 1. The number of halogens is 1. The summed E-state index contributed by atoms with van der Waals surface area (Å²) in [7, 11) is 0.